The number of aliphatic imine (C=N–C) groups is 1. The van der Waals surface area contributed by atoms with Crippen LogP contribution in [0.15, 0.2) is 23.2 Å². The number of aryl methyl sites for hydroxylation is 3. The van der Waals surface area contributed by atoms with Crippen LogP contribution in [0.1, 0.15) is 47.3 Å². The van der Waals surface area contributed by atoms with Gasteiger partial charge in [-0.2, -0.15) is 5.10 Å². The molecule has 0 aliphatic heterocycles. The largest absolute Gasteiger partial charge is 0.370 e. The molecule has 1 aromatic heterocycles. The molecule has 1 heterocycles. The zero-order chi connectivity index (χ0) is 17.8. The fraction of sp³-hybridized carbons (Fsp3) is 0.500. The second kappa shape index (κ2) is 9.39. The topological polar surface area (TPSA) is 68.2 Å². The molecule has 0 saturated carbocycles. The Balaban J connectivity index is 0.00000243. The minimum absolute atomic E-state index is 0. The summed E-state index contributed by atoms with van der Waals surface area (Å²) >= 11 is 0. The van der Waals surface area contributed by atoms with Crippen molar-refractivity contribution in [2.75, 3.05) is 11.9 Å². The first kappa shape index (κ1) is 20.7. The molecule has 0 unspecified atom stereocenters. The maximum atomic E-state index is 6.10. The average molecular weight is 467 g/mol. The number of hydrogen-bond acceptors (Lipinski definition) is 2. The molecule has 1 aliphatic carbocycles. The number of nitrogens with two attached hydrogens (primary N) is 1. The molecule has 0 bridgehead atoms. The summed E-state index contributed by atoms with van der Waals surface area (Å²) in [7, 11) is 1.99. The number of rotatable bonds is 5. The van der Waals surface area contributed by atoms with Crippen LogP contribution in [-0.4, -0.2) is 22.3 Å². The summed E-state index contributed by atoms with van der Waals surface area (Å²) in [5.41, 5.74) is 13.8. The molecule has 2 aromatic rings. The Kier molecular flexibility index (Phi) is 7.49. The van der Waals surface area contributed by atoms with Crippen LogP contribution in [-0.2, 0) is 26.3 Å². The number of aromatic nitrogens is 2. The predicted octanol–water partition coefficient (Wildman–Crippen LogP) is 3.89. The summed E-state index contributed by atoms with van der Waals surface area (Å²) in [6.45, 7) is 4.91. The predicted molar refractivity (Wildman–Crippen MR) is 120 cm³/mol. The molecular weight excluding hydrogens is 437 g/mol. The van der Waals surface area contributed by atoms with E-state index >= 15 is 0 Å². The van der Waals surface area contributed by atoms with Gasteiger partial charge in [-0.25, -0.2) is 0 Å². The lowest BCUT2D eigenvalue weighted by molar-refractivity contribution is 0.687. The summed E-state index contributed by atoms with van der Waals surface area (Å²) in [4.78, 5) is 4.51. The highest BCUT2D eigenvalue weighted by molar-refractivity contribution is 14.0. The van der Waals surface area contributed by atoms with Gasteiger partial charge in [0.2, 0.25) is 0 Å². The fourth-order valence-corrected chi connectivity index (χ4v) is 3.71. The minimum Gasteiger partial charge on any atom is -0.370 e. The van der Waals surface area contributed by atoms with Gasteiger partial charge in [-0.15, -0.1) is 24.0 Å². The van der Waals surface area contributed by atoms with Crippen molar-refractivity contribution in [3.05, 3.63) is 46.3 Å². The van der Waals surface area contributed by atoms with Crippen LogP contribution in [0.4, 0.5) is 5.69 Å². The molecule has 0 saturated heterocycles. The molecule has 1 aromatic carbocycles. The molecule has 142 valence electrons. The SMILES string of the molecule is Cc1nn(C)c(C)c1CCCN=C(N)Nc1cccc2c1CCCC2.I. The fourth-order valence-electron chi connectivity index (χ4n) is 3.71. The van der Waals surface area contributed by atoms with Crippen molar-refractivity contribution in [3.8, 4) is 0 Å². The van der Waals surface area contributed by atoms with Crippen LogP contribution in [0, 0.1) is 13.8 Å². The molecule has 3 rings (SSSR count). The third kappa shape index (κ3) is 4.78. The number of guanidine groups is 1. The number of halogens is 1. The van der Waals surface area contributed by atoms with Crippen molar-refractivity contribution in [2.24, 2.45) is 17.8 Å². The summed E-state index contributed by atoms with van der Waals surface area (Å²) < 4.78 is 1.95. The van der Waals surface area contributed by atoms with E-state index in [0.29, 0.717) is 5.96 Å². The maximum Gasteiger partial charge on any atom is 0.193 e. The van der Waals surface area contributed by atoms with Gasteiger partial charge in [-0.1, -0.05) is 12.1 Å². The van der Waals surface area contributed by atoms with Crippen LogP contribution in [0.5, 0.6) is 0 Å². The van der Waals surface area contributed by atoms with Crippen molar-refractivity contribution < 1.29 is 0 Å². The highest BCUT2D eigenvalue weighted by Crippen LogP contribution is 2.27. The number of benzene rings is 1. The Morgan fingerprint density at radius 1 is 1.27 bits per heavy atom. The normalized spacial score (nSPS) is 13.9. The third-order valence-corrected chi connectivity index (χ3v) is 5.18. The monoisotopic (exact) mass is 467 g/mol. The molecule has 0 atom stereocenters. The lowest BCUT2D eigenvalue weighted by atomic mass is 9.90. The molecule has 0 fully saturated rings. The number of anilines is 1. The maximum absolute atomic E-state index is 6.10. The Labute approximate surface area is 173 Å². The van der Waals surface area contributed by atoms with E-state index in [1.165, 1.54) is 41.6 Å². The van der Waals surface area contributed by atoms with E-state index in [4.69, 9.17) is 5.73 Å². The van der Waals surface area contributed by atoms with Crippen LogP contribution in [0.25, 0.3) is 0 Å². The van der Waals surface area contributed by atoms with Gasteiger partial charge in [-0.05, 0) is 75.1 Å². The summed E-state index contributed by atoms with van der Waals surface area (Å²) in [5, 5.41) is 7.77. The number of nitrogens with zero attached hydrogens (tertiary/aromatic N) is 3. The van der Waals surface area contributed by atoms with Crippen LogP contribution < -0.4 is 11.1 Å². The molecule has 0 radical (unpaired) electrons. The van der Waals surface area contributed by atoms with Gasteiger partial charge < -0.3 is 11.1 Å². The standard InChI is InChI=1S/C20H29N5.HI/c1-14-17(15(2)25(3)24-14)11-7-13-22-20(21)23-19-12-6-9-16-8-4-5-10-18(16)19;/h6,9,12H,4-5,7-8,10-11,13H2,1-3H3,(H3,21,22,23);1H. The number of nitrogens with one attached hydrogen (secondary N) is 1. The number of fused-ring (bicyclic) bond motifs is 1. The first-order valence-corrected chi connectivity index (χ1v) is 9.23. The molecular formula is C20H30IN5. The van der Waals surface area contributed by atoms with E-state index in [2.05, 4.69) is 47.5 Å². The quantitative estimate of drug-likeness (QED) is 0.304. The molecule has 3 N–H and O–H groups in total. The van der Waals surface area contributed by atoms with Gasteiger partial charge >= 0.3 is 0 Å². The van der Waals surface area contributed by atoms with E-state index in [9.17, 15) is 0 Å². The molecule has 6 heteroatoms. The summed E-state index contributed by atoms with van der Waals surface area (Å²) in [6.07, 6.45) is 6.81. The van der Waals surface area contributed by atoms with E-state index < -0.39 is 0 Å². The van der Waals surface area contributed by atoms with Crippen molar-refractivity contribution in [3.63, 3.8) is 0 Å². The Morgan fingerprint density at radius 3 is 2.77 bits per heavy atom. The Hall–Kier alpha value is -1.57. The van der Waals surface area contributed by atoms with E-state index in [-0.39, 0.29) is 24.0 Å². The van der Waals surface area contributed by atoms with Gasteiger partial charge in [0.25, 0.3) is 0 Å². The van der Waals surface area contributed by atoms with E-state index in [1.807, 2.05) is 11.7 Å². The van der Waals surface area contributed by atoms with Crippen LogP contribution >= 0.6 is 24.0 Å². The minimum atomic E-state index is 0. The van der Waals surface area contributed by atoms with Crippen molar-refractivity contribution in [1.29, 1.82) is 0 Å². The van der Waals surface area contributed by atoms with Crippen molar-refractivity contribution in [2.45, 2.75) is 52.4 Å². The molecule has 26 heavy (non-hydrogen) atoms. The lowest BCUT2D eigenvalue weighted by Gasteiger charge is -2.19. The van der Waals surface area contributed by atoms with Crippen LogP contribution in [0.3, 0.4) is 0 Å². The van der Waals surface area contributed by atoms with Gasteiger partial charge in [0.1, 0.15) is 0 Å². The van der Waals surface area contributed by atoms with Crippen molar-refractivity contribution >= 4 is 35.6 Å². The third-order valence-electron chi connectivity index (χ3n) is 5.18. The second-order valence-electron chi connectivity index (χ2n) is 6.92. The molecule has 0 spiro atoms. The summed E-state index contributed by atoms with van der Waals surface area (Å²) in [5.74, 6) is 0.513. The van der Waals surface area contributed by atoms with Gasteiger partial charge in [0.05, 0.1) is 5.69 Å². The molecule has 0 amide bonds. The Morgan fingerprint density at radius 2 is 2.04 bits per heavy atom. The van der Waals surface area contributed by atoms with Crippen molar-refractivity contribution in [1.82, 2.24) is 9.78 Å². The van der Waals surface area contributed by atoms with Crippen LogP contribution in [0.2, 0.25) is 0 Å². The molecule has 1 aliphatic rings. The van der Waals surface area contributed by atoms with Gasteiger partial charge in [-0.3, -0.25) is 9.67 Å². The van der Waals surface area contributed by atoms with E-state index in [0.717, 1.165) is 37.2 Å². The smallest absolute Gasteiger partial charge is 0.193 e. The van der Waals surface area contributed by atoms with Gasteiger partial charge in [0, 0.05) is 25.0 Å². The average Bonchev–Trinajstić information content (AvgIpc) is 2.84. The highest BCUT2D eigenvalue weighted by Gasteiger charge is 2.13. The number of hydrogen-bond donors (Lipinski definition) is 2. The molecule has 5 nitrogen and oxygen atoms in total. The first-order valence-electron chi connectivity index (χ1n) is 9.23. The summed E-state index contributed by atoms with van der Waals surface area (Å²) in [6, 6.07) is 6.44. The second-order valence-corrected chi connectivity index (χ2v) is 6.92. The van der Waals surface area contributed by atoms with Gasteiger partial charge in [0.15, 0.2) is 5.96 Å². The zero-order valence-electron chi connectivity index (χ0n) is 16.0. The highest BCUT2D eigenvalue weighted by atomic mass is 127. The zero-order valence-corrected chi connectivity index (χ0v) is 18.3. The Bertz CT molecular complexity index is 779. The lowest BCUT2D eigenvalue weighted by Crippen LogP contribution is -2.24. The first-order chi connectivity index (χ1) is 12.1. The van der Waals surface area contributed by atoms with E-state index in [1.54, 1.807) is 0 Å².